The van der Waals surface area contributed by atoms with Gasteiger partial charge in [0.15, 0.2) is 0 Å². The highest BCUT2D eigenvalue weighted by molar-refractivity contribution is 6.21. The van der Waals surface area contributed by atoms with E-state index < -0.39 is 11.7 Å². The molecule has 20 heavy (non-hydrogen) atoms. The zero-order valence-electron chi connectivity index (χ0n) is 11.3. The van der Waals surface area contributed by atoms with E-state index in [4.69, 9.17) is 11.6 Å². The van der Waals surface area contributed by atoms with Crippen LogP contribution in [0.15, 0.2) is 24.3 Å². The molecule has 0 aliphatic heterocycles. The van der Waals surface area contributed by atoms with E-state index in [1.165, 1.54) is 12.1 Å². The number of carbonyl (C=O) groups is 1. The average Bonchev–Trinajstić information content (AvgIpc) is 2.35. The summed E-state index contributed by atoms with van der Waals surface area (Å²) in [5.74, 6) is -0.0147. The van der Waals surface area contributed by atoms with Crippen LogP contribution in [-0.2, 0) is 17.4 Å². The van der Waals surface area contributed by atoms with Crippen molar-refractivity contribution in [2.75, 3.05) is 6.54 Å². The van der Waals surface area contributed by atoms with Crippen LogP contribution in [0, 0.1) is 5.92 Å². The first-order valence-electron chi connectivity index (χ1n) is 6.27. The van der Waals surface area contributed by atoms with E-state index in [0.717, 1.165) is 12.1 Å². The molecule has 1 aromatic carbocycles. The molecule has 0 heterocycles. The second kappa shape index (κ2) is 6.97. The number of rotatable bonds is 5. The molecule has 0 fully saturated rings. The van der Waals surface area contributed by atoms with E-state index in [9.17, 15) is 18.0 Å². The average molecular weight is 308 g/mol. The van der Waals surface area contributed by atoms with Crippen molar-refractivity contribution in [1.29, 1.82) is 0 Å². The monoisotopic (exact) mass is 307 g/mol. The maximum atomic E-state index is 12.4. The summed E-state index contributed by atoms with van der Waals surface area (Å²) in [5.41, 5.74) is -0.187. The highest BCUT2D eigenvalue weighted by Crippen LogP contribution is 2.29. The molecule has 6 heteroatoms. The van der Waals surface area contributed by atoms with Crippen LogP contribution in [0.5, 0.6) is 0 Å². The summed E-state index contributed by atoms with van der Waals surface area (Å²) < 4.78 is 37.1. The van der Waals surface area contributed by atoms with Gasteiger partial charge in [0.25, 0.3) is 0 Å². The molecule has 1 atom stereocenters. The summed E-state index contributed by atoms with van der Waals surface area (Å²) in [4.78, 5) is 11.6. The standard InChI is InChI=1S/C14H17ClF3NO/c1-9(2)12(15)8-19-13(20)7-10-3-5-11(6-4-10)14(16,17)18/h3-6,9,12H,7-8H2,1-2H3,(H,19,20). The van der Waals surface area contributed by atoms with Gasteiger partial charge in [-0.25, -0.2) is 0 Å². The van der Waals surface area contributed by atoms with Crippen molar-refractivity contribution >= 4 is 17.5 Å². The van der Waals surface area contributed by atoms with Crippen molar-refractivity contribution in [2.45, 2.75) is 31.8 Å². The van der Waals surface area contributed by atoms with Crippen LogP contribution in [0.25, 0.3) is 0 Å². The van der Waals surface area contributed by atoms with Gasteiger partial charge in [0.2, 0.25) is 5.91 Å². The zero-order chi connectivity index (χ0) is 15.3. The summed E-state index contributed by atoms with van der Waals surface area (Å²) in [6, 6.07) is 4.56. The molecular formula is C14H17ClF3NO. The molecule has 1 rings (SSSR count). The predicted octanol–water partition coefficient (Wildman–Crippen LogP) is 3.63. The van der Waals surface area contributed by atoms with Crippen LogP contribution in [0.2, 0.25) is 0 Å². The number of hydrogen-bond donors (Lipinski definition) is 1. The van der Waals surface area contributed by atoms with E-state index in [1.54, 1.807) is 0 Å². The fraction of sp³-hybridized carbons (Fsp3) is 0.500. The molecule has 0 saturated heterocycles. The largest absolute Gasteiger partial charge is 0.416 e. The zero-order valence-corrected chi connectivity index (χ0v) is 12.1. The Kier molecular flexibility index (Phi) is 5.87. The van der Waals surface area contributed by atoms with Crippen LogP contribution in [0.3, 0.4) is 0 Å². The van der Waals surface area contributed by atoms with Gasteiger partial charge in [-0.2, -0.15) is 13.2 Å². The first-order chi connectivity index (χ1) is 9.20. The fourth-order valence-electron chi connectivity index (χ4n) is 1.51. The quantitative estimate of drug-likeness (QED) is 0.827. The van der Waals surface area contributed by atoms with Crippen LogP contribution >= 0.6 is 11.6 Å². The highest BCUT2D eigenvalue weighted by atomic mass is 35.5. The van der Waals surface area contributed by atoms with Gasteiger partial charge in [0.05, 0.1) is 17.4 Å². The van der Waals surface area contributed by atoms with E-state index in [-0.39, 0.29) is 23.6 Å². The van der Waals surface area contributed by atoms with Gasteiger partial charge in [-0.3, -0.25) is 4.79 Å². The Morgan fingerprint density at radius 2 is 1.80 bits per heavy atom. The Morgan fingerprint density at radius 3 is 2.25 bits per heavy atom. The number of nitrogens with one attached hydrogen (secondary N) is 1. The maximum Gasteiger partial charge on any atom is 0.416 e. The number of carbonyl (C=O) groups excluding carboxylic acids is 1. The van der Waals surface area contributed by atoms with Crippen molar-refractivity contribution < 1.29 is 18.0 Å². The first-order valence-corrected chi connectivity index (χ1v) is 6.70. The molecule has 112 valence electrons. The predicted molar refractivity (Wildman–Crippen MR) is 72.6 cm³/mol. The summed E-state index contributed by atoms with van der Waals surface area (Å²) in [5, 5.41) is 2.50. The van der Waals surface area contributed by atoms with Gasteiger partial charge in [-0.1, -0.05) is 26.0 Å². The third kappa shape index (κ3) is 5.41. The lowest BCUT2D eigenvalue weighted by atomic mass is 10.1. The van der Waals surface area contributed by atoms with Crippen LogP contribution in [0.1, 0.15) is 25.0 Å². The van der Waals surface area contributed by atoms with Gasteiger partial charge in [0.1, 0.15) is 0 Å². The maximum absolute atomic E-state index is 12.4. The van der Waals surface area contributed by atoms with E-state index >= 15 is 0 Å². The van der Waals surface area contributed by atoms with Crippen LogP contribution in [-0.4, -0.2) is 17.8 Å². The molecule has 1 unspecified atom stereocenters. The third-order valence-electron chi connectivity index (χ3n) is 2.86. The molecule has 1 amide bonds. The van der Waals surface area contributed by atoms with Crippen molar-refractivity contribution in [1.82, 2.24) is 5.32 Å². The SMILES string of the molecule is CC(C)C(Cl)CNC(=O)Cc1ccc(C(F)(F)F)cc1. The lowest BCUT2D eigenvalue weighted by Crippen LogP contribution is -2.32. The molecule has 1 aromatic rings. The van der Waals surface area contributed by atoms with Crippen LogP contribution < -0.4 is 5.32 Å². The van der Waals surface area contributed by atoms with E-state index in [2.05, 4.69) is 5.32 Å². The molecule has 0 spiro atoms. The Morgan fingerprint density at radius 1 is 1.25 bits per heavy atom. The van der Waals surface area contributed by atoms with Crippen molar-refractivity contribution in [3.05, 3.63) is 35.4 Å². The van der Waals surface area contributed by atoms with E-state index in [0.29, 0.717) is 12.1 Å². The number of hydrogen-bond acceptors (Lipinski definition) is 1. The van der Waals surface area contributed by atoms with Crippen molar-refractivity contribution in [3.63, 3.8) is 0 Å². The molecule has 0 saturated carbocycles. The van der Waals surface area contributed by atoms with Gasteiger partial charge >= 0.3 is 6.18 Å². The fourth-order valence-corrected chi connectivity index (χ4v) is 1.58. The van der Waals surface area contributed by atoms with Gasteiger partial charge < -0.3 is 5.32 Å². The van der Waals surface area contributed by atoms with Gasteiger partial charge in [-0.15, -0.1) is 11.6 Å². The highest BCUT2D eigenvalue weighted by Gasteiger charge is 2.29. The molecule has 1 N–H and O–H groups in total. The first kappa shape index (κ1) is 16.8. The molecule has 0 bridgehead atoms. The molecule has 0 aliphatic rings. The minimum absolute atomic E-state index is 0.0415. The summed E-state index contributed by atoms with van der Waals surface area (Å²) in [6.45, 7) is 4.23. The molecular weight excluding hydrogens is 291 g/mol. The minimum Gasteiger partial charge on any atom is -0.354 e. The number of amides is 1. The third-order valence-corrected chi connectivity index (χ3v) is 3.52. The molecule has 2 nitrogen and oxygen atoms in total. The number of alkyl halides is 4. The second-order valence-corrected chi connectivity index (χ2v) is 5.50. The second-order valence-electron chi connectivity index (χ2n) is 4.94. The smallest absolute Gasteiger partial charge is 0.354 e. The lowest BCUT2D eigenvalue weighted by Gasteiger charge is -2.14. The van der Waals surface area contributed by atoms with E-state index in [1.807, 2.05) is 13.8 Å². The summed E-state index contributed by atoms with van der Waals surface area (Å²) in [7, 11) is 0. The molecule has 0 aromatic heterocycles. The normalized spacial score (nSPS) is 13.3. The van der Waals surface area contributed by atoms with Crippen molar-refractivity contribution in [2.24, 2.45) is 5.92 Å². The number of benzene rings is 1. The Labute approximate surface area is 121 Å². The van der Waals surface area contributed by atoms with Crippen LogP contribution in [0.4, 0.5) is 13.2 Å². The Balaban J connectivity index is 2.51. The van der Waals surface area contributed by atoms with Gasteiger partial charge in [0, 0.05) is 6.54 Å². The topological polar surface area (TPSA) is 29.1 Å². The Hall–Kier alpha value is -1.23. The van der Waals surface area contributed by atoms with Gasteiger partial charge in [-0.05, 0) is 23.6 Å². The molecule has 0 aliphatic carbocycles. The van der Waals surface area contributed by atoms with Crippen molar-refractivity contribution in [3.8, 4) is 0 Å². The summed E-state index contributed by atoms with van der Waals surface area (Å²) >= 11 is 5.99. The number of halogens is 4. The lowest BCUT2D eigenvalue weighted by molar-refractivity contribution is -0.137. The summed E-state index contributed by atoms with van der Waals surface area (Å²) in [6.07, 6.45) is -4.32. The minimum atomic E-state index is -4.36. The Bertz CT molecular complexity index is 443. The molecule has 0 radical (unpaired) electrons.